The Bertz CT molecular complexity index is 644. The van der Waals surface area contributed by atoms with Gasteiger partial charge in [0, 0.05) is 21.8 Å². The Labute approximate surface area is 119 Å². The van der Waals surface area contributed by atoms with E-state index in [1.54, 1.807) is 0 Å². The van der Waals surface area contributed by atoms with Crippen LogP contribution in [0.4, 0.5) is 5.69 Å². The Hall–Kier alpha value is -0.920. The number of nitrogens with one attached hydrogen (secondary N) is 2. The fraction of sp³-hybridized carbons (Fsp3) is 0.417. The second-order valence-electron chi connectivity index (χ2n) is 4.92. The maximum Gasteiger partial charge on any atom is 0.246 e. The van der Waals surface area contributed by atoms with E-state index in [9.17, 15) is 13.2 Å². The predicted molar refractivity (Wildman–Crippen MR) is 75.7 cm³/mol. The highest BCUT2D eigenvalue weighted by Gasteiger charge is 2.35. The highest BCUT2D eigenvalue weighted by molar-refractivity contribution is 9.10. The molecule has 102 valence electrons. The van der Waals surface area contributed by atoms with Crippen molar-refractivity contribution in [3.8, 4) is 0 Å². The summed E-state index contributed by atoms with van der Waals surface area (Å²) in [6.45, 7) is 0. The summed E-state index contributed by atoms with van der Waals surface area (Å²) in [6.07, 6.45) is 0.567. The molecule has 1 aromatic carbocycles. The molecule has 0 saturated carbocycles. The van der Waals surface area contributed by atoms with E-state index in [2.05, 4.69) is 26.6 Å². The standard InChI is InChI=1S/C12H13BrN2O3S/c13-7-1-2-9-10(5-7)15-12(16)11(9)14-8-3-4-19(17,18)6-8/h1-2,5,8,11,14H,3-4,6H2,(H,15,16). The van der Waals surface area contributed by atoms with Crippen molar-refractivity contribution in [2.24, 2.45) is 0 Å². The van der Waals surface area contributed by atoms with Crippen molar-refractivity contribution in [2.75, 3.05) is 16.8 Å². The SMILES string of the molecule is O=C1Nc2cc(Br)ccc2C1NC1CCS(=O)(=O)C1. The van der Waals surface area contributed by atoms with Gasteiger partial charge in [0.1, 0.15) is 6.04 Å². The minimum absolute atomic E-state index is 0.114. The molecule has 2 aliphatic rings. The van der Waals surface area contributed by atoms with Crippen LogP contribution in [0.5, 0.6) is 0 Å². The summed E-state index contributed by atoms with van der Waals surface area (Å²) in [6, 6.07) is 4.99. The topological polar surface area (TPSA) is 75.3 Å². The van der Waals surface area contributed by atoms with E-state index in [4.69, 9.17) is 0 Å². The van der Waals surface area contributed by atoms with Gasteiger partial charge in [0.25, 0.3) is 0 Å². The molecule has 0 aliphatic carbocycles. The number of benzene rings is 1. The van der Waals surface area contributed by atoms with Gasteiger partial charge in [-0.2, -0.15) is 0 Å². The molecule has 2 aliphatic heterocycles. The number of carbonyl (C=O) groups is 1. The van der Waals surface area contributed by atoms with Crippen molar-refractivity contribution < 1.29 is 13.2 Å². The number of anilines is 1. The predicted octanol–water partition coefficient (Wildman–Crippen LogP) is 1.22. The van der Waals surface area contributed by atoms with Gasteiger partial charge < -0.3 is 5.32 Å². The van der Waals surface area contributed by atoms with Gasteiger partial charge in [-0.05, 0) is 18.6 Å². The molecule has 2 N–H and O–H groups in total. The van der Waals surface area contributed by atoms with Crippen LogP contribution in [-0.2, 0) is 14.6 Å². The molecule has 0 aromatic heterocycles. The van der Waals surface area contributed by atoms with E-state index in [1.807, 2.05) is 18.2 Å². The average molecular weight is 345 g/mol. The summed E-state index contributed by atoms with van der Waals surface area (Å²) < 4.78 is 23.8. The van der Waals surface area contributed by atoms with Crippen molar-refractivity contribution in [2.45, 2.75) is 18.5 Å². The Morgan fingerprint density at radius 3 is 2.84 bits per heavy atom. The number of sulfone groups is 1. The molecule has 7 heteroatoms. The number of halogens is 1. The molecule has 0 spiro atoms. The normalized spacial score (nSPS) is 28.2. The lowest BCUT2D eigenvalue weighted by Crippen LogP contribution is -2.37. The van der Waals surface area contributed by atoms with Crippen molar-refractivity contribution in [1.29, 1.82) is 0 Å². The first-order valence-corrected chi connectivity index (χ1v) is 8.63. The number of fused-ring (bicyclic) bond motifs is 1. The molecule has 2 atom stereocenters. The highest BCUT2D eigenvalue weighted by Crippen LogP contribution is 2.33. The lowest BCUT2D eigenvalue weighted by Gasteiger charge is -2.16. The molecule has 2 heterocycles. The fourth-order valence-electron chi connectivity index (χ4n) is 2.56. The molecular formula is C12H13BrN2O3S. The third-order valence-corrected chi connectivity index (χ3v) is 5.74. The molecule has 3 rings (SSSR count). The third kappa shape index (κ3) is 2.54. The number of hydrogen-bond acceptors (Lipinski definition) is 4. The molecule has 5 nitrogen and oxygen atoms in total. The zero-order valence-electron chi connectivity index (χ0n) is 10.0. The Morgan fingerprint density at radius 2 is 2.16 bits per heavy atom. The van der Waals surface area contributed by atoms with Gasteiger partial charge in [0.05, 0.1) is 11.5 Å². The average Bonchev–Trinajstić information content (AvgIpc) is 2.80. The van der Waals surface area contributed by atoms with E-state index in [0.29, 0.717) is 6.42 Å². The second kappa shape index (κ2) is 4.57. The first-order valence-electron chi connectivity index (χ1n) is 6.01. The van der Waals surface area contributed by atoms with Crippen LogP contribution in [0.1, 0.15) is 18.0 Å². The minimum Gasteiger partial charge on any atom is -0.324 e. The Kier molecular flexibility index (Phi) is 3.15. The quantitative estimate of drug-likeness (QED) is 0.845. The van der Waals surface area contributed by atoms with E-state index < -0.39 is 15.9 Å². The summed E-state index contributed by atoms with van der Waals surface area (Å²) in [5, 5.41) is 5.95. The lowest BCUT2D eigenvalue weighted by atomic mass is 10.1. The zero-order chi connectivity index (χ0) is 13.6. The third-order valence-electron chi connectivity index (χ3n) is 3.48. The van der Waals surface area contributed by atoms with Crippen LogP contribution in [0.3, 0.4) is 0 Å². The number of amides is 1. The smallest absolute Gasteiger partial charge is 0.246 e. The van der Waals surface area contributed by atoms with Crippen molar-refractivity contribution in [3.63, 3.8) is 0 Å². The van der Waals surface area contributed by atoms with Crippen LogP contribution in [0, 0.1) is 0 Å². The van der Waals surface area contributed by atoms with Crippen molar-refractivity contribution in [1.82, 2.24) is 5.32 Å². The van der Waals surface area contributed by atoms with Gasteiger partial charge in [-0.1, -0.05) is 22.0 Å². The van der Waals surface area contributed by atoms with Crippen molar-refractivity contribution >= 4 is 37.4 Å². The van der Waals surface area contributed by atoms with Crippen LogP contribution in [0.25, 0.3) is 0 Å². The molecule has 1 fully saturated rings. The molecule has 1 aromatic rings. The molecule has 2 unspecified atom stereocenters. The first kappa shape index (κ1) is 13.1. The Morgan fingerprint density at radius 1 is 1.37 bits per heavy atom. The maximum atomic E-state index is 12.0. The molecular weight excluding hydrogens is 332 g/mol. The van der Waals surface area contributed by atoms with E-state index in [0.717, 1.165) is 15.7 Å². The second-order valence-corrected chi connectivity index (χ2v) is 8.06. The van der Waals surface area contributed by atoms with Crippen LogP contribution in [0.15, 0.2) is 22.7 Å². The van der Waals surface area contributed by atoms with Gasteiger partial charge in [-0.3, -0.25) is 10.1 Å². The van der Waals surface area contributed by atoms with E-state index >= 15 is 0 Å². The van der Waals surface area contributed by atoms with Gasteiger partial charge in [-0.25, -0.2) is 8.42 Å². The van der Waals surface area contributed by atoms with Crippen LogP contribution in [-0.4, -0.2) is 31.9 Å². The molecule has 1 amide bonds. The molecule has 19 heavy (non-hydrogen) atoms. The van der Waals surface area contributed by atoms with Crippen LogP contribution in [0.2, 0.25) is 0 Å². The maximum absolute atomic E-state index is 12.0. The largest absolute Gasteiger partial charge is 0.324 e. The zero-order valence-corrected chi connectivity index (χ0v) is 12.4. The number of carbonyl (C=O) groups excluding carboxylic acids is 1. The van der Waals surface area contributed by atoms with Gasteiger partial charge in [0.2, 0.25) is 5.91 Å². The van der Waals surface area contributed by atoms with Gasteiger partial charge in [-0.15, -0.1) is 0 Å². The van der Waals surface area contributed by atoms with Crippen LogP contribution >= 0.6 is 15.9 Å². The van der Waals surface area contributed by atoms with E-state index in [-0.39, 0.29) is 23.5 Å². The monoisotopic (exact) mass is 344 g/mol. The van der Waals surface area contributed by atoms with Crippen LogP contribution < -0.4 is 10.6 Å². The fourth-order valence-corrected chi connectivity index (χ4v) is 4.61. The minimum atomic E-state index is -2.94. The number of hydrogen-bond donors (Lipinski definition) is 2. The first-order chi connectivity index (χ1) is 8.94. The summed E-state index contributed by atoms with van der Waals surface area (Å²) in [5.41, 5.74) is 1.65. The molecule has 0 radical (unpaired) electrons. The molecule has 0 bridgehead atoms. The van der Waals surface area contributed by atoms with Crippen molar-refractivity contribution in [3.05, 3.63) is 28.2 Å². The van der Waals surface area contributed by atoms with Gasteiger partial charge >= 0.3 is 0 Å². The number of rotatable bonds is 2. The van der Waals surface area contributed by atoms with Gasteiger partial charge in [0.15, 0.2) is 9.84 Å². The highest BCUT2D eigenvalue weighted by atomic mass is 79.9. The summed E-state index contributed by atoms with van der Waals surface area (Å²) >= 11 is 3.36. The summed E-state index contributed by atoms with van der Waals surface area (Å²) in [4.78, 5) is 12.0. The lowest BCUT2D eigenvalue weighted by molar-refractivity contribution is -0.117. The summed E-state index contributed by atoms with van der Waals surface area (Å²) in [7, 11) is -2.94. The van der Waals surface area contributed by atoms with E-state index in [1.165, 1.54) is 0 Å². The Balaban J connectivity index is 1.81. The summed E-state index contributed by atoms with van der Waals surface area (Å²) in [5.74, 6) is 0.187. The molecule has 1 saturated heterocycles.